The Morgan fingerprint density at radius 3 is 2.14 bits per heavy atom. The molecule has 1 aromatic carbocycles. The van der Waals surface area contributed by atoms with E-state index in [0.29, 0.717) is 37.0 Å². The average Bonchev–Trinajstić information content (AvgIpc) is 2.91. The van der Waals surface area contributed by atoms with E-state index in [2.05, 4.69) is 10.7 Å². The highest BCUT2D eigenvalue weighted by Crippen LogP contribution is 2.46. The summed E-state index contributed by atoms with van der Waals surface area (Å²) in [7, 11) is 1.71. The van der Waals surface area contributed by atoms with Crippen LogP contribution in [0.5, 0.6) is 0 Å². The first-order valence-corrected chi connectivity index (χ1v) is 16.4. The fourth-order valence-corrected chi connectivity index (χ4v) is 6.72. The van der Waals surface area contributed by atoms with Gasteiger partial charge in [0.2, 0.25) is 11.8 Å². The Bertz CT molecular complexity index is 1080. The summed E-state index contributed by atoms with van der Waals surface area (Å²) in [6, 6.07) is 7.56. The van der Waals surface area contributed by atoms with Crippen LogP contribution < -0.4 is 10.7 Å². The van der Waals surface area contributed by atoms with Crippen LogP contribution in [-0.4, -0.2) is 65.6 Å². The van der Waals surface area contributed by atoms with Gasteiger partial charge in [-0.2, -0.15) is 0 Å². The molecule has 3 rings (SSSR count). The topological polar surface area (TPSA) is 91.0 Å². The second-order valence-electron chi connectivity index (χ2n) is 14.9. The first kappa shape index (κ1) is 35.2. The third kappa shape index (κ3) is 10.4. The minimum atomic E-state index is -0.598. The summed E-state index contributed by atoms with van der Waals surface area (Å²) >= 11 is 6.12. The second kappa shape index (κ2) is 14.6. The van der Waals surface area contributed by atoms with E-state index in [0.717, 1.165) is 31.2 Å². The number of nitrogens with one attached hydrogen (secondary N) is 2. The number of hydrazine groups is 1. The fraction of sp³-hybridized carbons (Fsp3) is 0.735. The van der Waals surface area contributed by atoms with E-state index in [9.17, 15) is 14.4 Å². The number of carbonyl (C=O) groups is 3. The maximum atomic E-state index is 13.9. The Morgan fingerprint density at radius 2 is 1.60 bits per heavy atom. The Morgan fingerprint density at radius 1 is 1.02 bits per heavy atom. The highest BCUT2D eigenvalue weighted by molar-refractivity contribution is 6.30. The standard InChI is InChI=1S/C34H55ClN4O4/c1-24(23-38(8)31(42)43-33(5,6)7)28(22-25-14-16-27(35)17-15-25)29(40)37-39-20-18-34(19-21-39,26-12-10-9-11-13-26)30(41)36-32(2,3)4/h14-17,24,26,28H,9-13,18-23H2,1-8H3,(H,36,41)(H,37,40)/t24?,28-/m1/s1. The van der Waals surface area contributed by atoms with Crippen molar-refractivity contribution in [1.29, 1.82) is 0 Å². The largest absolute Gasteiger partial charge is 0.444 e. The molecule has 2 aliphatic rings. The van der Waals surface area contributed by atoms with Crippen LogP contribution in [0.4, 0.5) is 4.79 Å². The van der Waals surface area contributed by atoms with Crippen molar-refractivity contribution in [3.8, 4) is 0 Å². The van der Waals surface area contributed by atoms with E-state index in [1.165, 1.54) is 19.3 Å². The average molecular weight is 619 g/mol. The zero-order valence-electron chi connectivity index (χ0n) is 27.7. The summed E-state index contributed by atoms with van der Waals surface area (Å²) in [5.74, 6) is -0.0682. The van der Waals surface area contributed by atoms with E-state index >= 15 is 0 Å². The van der Waals surface area contributed by atoms with Gasteiger partial charge in [-0.3, -0.25) is 15.0 Å². The molecule has 2 fully saturated rings. The number of nitrogens with zero attached hydrogens (tertiary/aromatic N) is 2. The molecule has 1 saturated carbocycles. The van der Waals surface area contributed by atoms with Gasteiger partial charge in [0.1, 0.15) is 5.60 Å². The summed E-state index contributed by atoms with van der Waals surface area (Å²) in [5.41, 5.74) is 2.92. The van der Waals surface area contributed by atoms with E-state index in [-0.39, 0.29) is 29.2 Å². The molecule has 43 heavy (non-hydrogen) atoms. The lowest BCUT2D eigenvalue weighted by molar-refractivity contribution is -0.143. The van der Waals surface area contributed by atoms with Gasteiger partial charge in [-0.1, -0.05) is 49.9 Å². The molecular formula is C34H55ClN4O4. The normalized spacial score (nSPS) is 19.7. The molecule has 2 atom stereocenters. The van der Waals surface area contributed by atoms with Crippen LogP contribution in [0, 0.1) is 23.2 Å². The van der Waals surface area contributed by atoms with Crippen LogP contribution in [0.2, 0.25) is 5.02 Å². The Balaban J connectivity index is 1.73. The highest BCUT2D eigenvalue weighted by atomic mass is 35.5. The number of piperidine rings is 1. The first-order valence-electron chi connectivity index (χ1n) is 16.1. The summed E-state index contributed by atoms with van der Waals surface area (Å²) in [6.07, 6.45) is 7.33. The van der Waals surface area contributed by atoms with Gasteiger partial charge in [-0.05, 0) is 103 Å². The number of rotatable bonds is 9. The molecule has 1 heterocycles. The van der Waals surface area contributed by atoms with E-state index in [1.54, 1.807) is 11.9 Å². The molecule has 0 aromatic heterocycles. The summed E-state index contributed by atoms with van der Waals surface area (Å²) in [4.78, 5) is 41.9. The van der Waals surface area contributed by atoms with Crippen LogP contribution in [-0.2, 0) is 20.7 Å². The molecule has 9 heteroatoms. The maximum absolute atomic E-state index is 13.9. The molecule has 0 bridgehead atoms. The molecular weight excluding hydrogens is 564 g/mol. The Hall–Kier alpha value is -2.32. The number of benzene rings is 1. The minimum absolute atomic E-state index is 0.0793. The van der Waals surface area contributed by atoms with Gasteiger partial charge in [0.15, 0.2) is 0 Å². The van der Waals surface area contributed by atoms with Gasteiger partial charge in [-0.25, -0.2) is 9.80 Å². The van der Waals surface area contributed by atoms with Crippen molar-refractivity contribution in [2.45, 2.75) is 111 Å². The number of hydrogen-bond donors (Lipinski definition) is 2. The molecule has 2 N–H and O–H groups in total. The lowest BCUT2D eigenvalue weighted by Gasteiger charge is -2.47. The zero-order chi connectivity index (χ0) is 32.0. The molecule has 1 aliphatic carbocycles. The van der Waals surface area contributed by atoms with Crippen LogP contribution in [0.15, 0.2) is 24.3 Å². The van der Waals surface area contributed by atoms with Crippen molar-refractivity contribution >= 4 is 29.5 Å². The minimum Gasteiger partial charge on any atom is -0.444 e. The van der Waals surface area contributed by atoms with Gasteiger partial charge >= 0.3 is 6.09 Å². The molecule has 1 aromatic rings. The predicted molar refractivity (Wildman–Crippen MR) is 173 cm³/mol. The first-order chi connectivity index (χ1) is 20.0. The van der Waals surface area contributed by atoms with Crippen LogP contribution in [0.1, 0.15) is 99.0 Å². The zero-order valence-corrected chi connectivity index (χ0v) is 28.5. The molecule has 1 aliphatic heterocycles. The van der Waals surface area contributed by atoms with E-state index in [1.807, 2.05) is 77.7 Å². The molecule has 242 valence electrons. The van der Waals surface area contributed by atoms with Crippen LogP contribution >= 0.6 is 11.6 Å². The van der Waals surface area contributed by atoms with E-state index < -0.39 is 17.1 Å². The van der Waals surface area contributed by atoms with Gasteiger partial charge in [-0.15, -0.1) is 0 Å². The van der Waals surface area contributed by atoms with Crippen molar-refractivity contribution in [1.82, 2.24) is 20.7 Å². The van der Waals surface area contributed by atoms with Gasteiger partial charge in [0, 0.05) is 43.2 Å². The summed E-state index contributed by atoms with van der Waals surface area (Å²) < 4.78 is 5.54. The van der Waals surface area contributed by atoms with Crippen molar-refractivity contribution in [2.24, 2.45) is 23.2 Å². The monoisotopic (exact) mass is 618 g/mol. The van der Waals surface area contributed by atoms with Crippen LogP contribution in [0.3, 0.4) is 0 Å². The maximum Gasteiger partial charge on any atom is 0.410 e. The number of hydrogen-bond acceptors (Lipinski definition) is 5. The van der Waals surface area contributed by atoms with Crippen molar-refractivity contribution in [3.63, 3.8) is 0 Å². The third-order valence-corrected chi connectivity index (χ3v) is 9.16. The number of ether oxygens (including phenoxy) is 1. The Labute approximate surface area is 264 Å². The van der Waals surface area contributed by atoms with Gasteiger partial charge in [0.05, 0.1) is 5.41 Å². The quantitative estimate of drug-likeness (QED) is 0.325. The number of amides is 3. The van der Waals surface area contributed by atoms with Crippen molar-refractivity contribution < 1.29 is 19.1 Å². The van der Waals surface area contributed by atoms with E-state index in [4.69, 9.17) is 16.3 Å². The SMILES string of the molecule is CC(CN(C)C(=O)OC(C)(C)C)[C@@H](Cc1ccc(Cl)cc1)C(=O)NN1CCC(C(=O)NC(C)(C)C)(C2CCCCC2)CC1. The lowest BCUT2D eigenvalue weighted by Crippen LogP contribution is -2.59. The predicted octanol–water partition coefficient (Wildman–Crippen LogP) is 6.61. The fourth-order valence-electron chi connectivity index (χ4n) is 6.60. The highest BCUT2D eigenvalue weighted by Gasteiger charge is 2.48. The summed E-state index contributed by atoms with van der Waals surface area (Å²) in [5, 5.41) is 5.93. The lowest BCUT2D eigenvalue weighted by atomic mass is 9.63. The summed E-state index contributed by atoms with van der Waals surface area (Å²) in [6.45, 7) is 15.3. The molecule has 3 amide bonds. The molecule has 1 saturated heterocycles. The van der Waals surface area contributed by atoms with Gasteiger partial charge in [0.25, 0.3) is 0 Å². The van der Waals surface area contributed by atoms with Crippen molar-refractivity contribution in [3.05, 3.63) is 34.9 Å². The molecule has 1 unspecified atom stereocenters. The molecule has 0 spiro atoms. The Kier molecular flexibility index (Phi) is 12.0. The smallest absolute Gasteiger partial charge is 0.410 e. The second-order valence-corrected chi connectivity index (χ2v) is 15.4. The number of carbonyl (C=O) groups excluding carboxylic acids is 3. The van der Waals surface area contributed by atoms with Crippen LogP contribution in [0.25, 0.3) is 0 Å². The van der Waals surface area contributed by atoms with Crippen molar-refractivity contribution in [2.75, 3.05) is 26.7 Å². The molecule has 8 nitrogen and oxygen atoms in total. The number of halogens is 1. The molecule has 0 radical (unpaired) electrons. The van der Waals surface area contributed by atoms with Gasteiger partial charge < -0.3 is 15.0 Å². The third-order valence-electron chi connectivity index (χ3n) is 8.91.